The first-order valence-electron chi connectivity index (χ1n) is 20.1. The minimum absolute atomic E-state index is 0.0624. The molecule has 6 N–H and O–H groups in total. The van der Waals surface area contributed by atoms with Gasteiger partial charge in [0.1, 0.15) is 24.7 Å². The van der Waals surface area contributed by atoms with Crippen molar-refractivity contribution in [2.45, 2.75) is 116 Å². The molecule has 8 rings (SSSR count). The monoisotopic (exact) mass is 700 g/mol. The van der Waals surface area contributed by atoms with Crippen LogP contribution in [0.4, 0.5) is 0 Å². The third kappa shape index (κ3) is 7.04. The van der Waals surface area contributed by atoms with Crippen LogP contribution in [0.25, 0.3) is 0 Å². The maximum atomic E-state index is 10.9. The molecule has 0 aromatic heterocycles. The molecule has 8 nitrogen and oxygen atoms in total. The van der Waals surface area contributed by atoms with Gasteiger partial charge < -0.3 is 30.1 Å². The standard InChI is InChI=1S/C43H61N3O5/c1-4-6-10-38-30(26-47)22-31(51-38)14-12-29-13-15-37(49)39(21-29)50-27-36(45-5-2)35-23-32-34(25-44-24-28(3)48)43-19-9-11-40(43)42(17-7-8-18-42)33(16-20-43)41(32)46-35/h13,15-16,20-23,28,33-34,36,38,40,44-45,47-48,51H,4-12,14,17-19,24-27H2,1-3H3/p+1/t28-,33-,34-,36-,38?,40+,43+/m0/s1. The molecule has 3 saturated carbocycles. The molecule has 2 bridgehead atoms. The Balaban J connectivity index is 1.08. The number of benzene rings is 1. The number of aliphatic imine (C=N–C) groups is 1. The van der Waals surface area contributed by atoms with Gasteiger partial charge in [-0.25, -0.2) is 0 Å². The molecule has 7 aliphatic rings. The van der Waals surface area contributed by atoms with Gasteiger partial charge in [0, 0.05) is 37.5 Å². The number of hydrogen-bond acceptors (Lipinski definition) is 7. The van der Waals surface area contributed by atoms with Crippen molar-refractivity contribution in [1.82, 2.24) is 10.6 Å². The number of phenolic OH excluding ortho intramolecular Hbond substituents is 1. The second-order valence-corrected chi connectivity index (χ2v) is 16.3. The lowest BCUT2D eigenvalue weighted by atomic mass is 9.52. The molecule has 7 atom stereocenters. The van der Waals surface area contributed by atoms with E-state index in [4.69, 9.17) is 14.5 Å². The number of ether oxygens (including phenoxy) is 2. The zero-order valence-electron chi connectivity index (χ0n) is 31.2. The summed E-state index contributed by atoms with van der Waals surface area (Å²) in [6.45, 7) is 8.81. The normalized spacial score (nSPS) is 29.9. The van der Waals surface area contributed by atoms with Crippen LogP contribution < -0.4 is 15.4 Å². The van der Waals surface area contributed by atoms with Gasteiger partial charge in [-0.3, -0.25) is 5.32 Å². The van der Waals surface area contributed by atoms with Crippen LogP contribution in [0.3, 0.4) is 0 Å². The first-order chi connectivity index (χ1) is 24.8. The van der Waals surface area contributed by atoms with Crippen LogP contribution in [0.15, 0.2) is 58.8 Å². The highest BCUT2D eigenvalue weighted by Gasteiger charge is 2.69. The number of nitrogens with one attached hydrogen (secondary N) is 2. The van der Waals surface area contributed by atoms with E-state index in [9.17, 15) is 15.3 Å². The van der Waals surface area contributed by atoms with Crippen molar-refractivity contribution < 1.29 is 24.8 Å². The Morgan fingerprint density at radius 3 is 2.78 bits per heavy atom. The van der Waals surface area contributed by atoms with Crippen molar-refractivity contribution in [1.29, 1.82) is 0 Å². The Hall–Kier alpha value is -2.75. The number of phenols is 1. The van der Waals surface area contributed by atoms with Crippen LogP contribution >= 0.6 is 0 Å². The van der Waals surface area contributed by atoms with Crippen LogP contribution in [0, 0.1) is 40.6 Å². The van der Waals surface area contributed by atoms with E-state index in [1.807, 2.05) is 19.1 Å². The molecule has 1 aromatic rings. The molecule has 2 aliphatic heterocycles. The van der Waals surface area contributed by atoms with E-state index in [1.54, 1.807) is 6.07 Å². The molecular formula is C43H62N3O5+. The lowest BCUT2D eigenvalue weighted by molar-refractivity contribution is -0.0550. The predicted molar refractivity (Wildman–Crippen MR) is 203 cm³/mol. The highest BCUT2D eigenvalue weighted by Crippen LogP contribution is 2.71. The summed E-state index contributed by atoms with van der Waals surface area (Å²) < 4.78 is 11.3. The number of allylic oxidation sites excluding steroid dienone is 3. The van der Waals surface area contributed by atoms with Crippen molar-refractivity contribution in [2.24, 2.45) is 33.6 Å². The number of likely N-dealkylation sites (N-methyl/N-ethyl adjacent to an activating group) is 1. The smallest absolute Gasteiger partial charge is 0.196 e. The molecule has 2 heterocycles. The molecule has 0 radical (unpaired) electrons. The van der Waals surface area contributed by atoms with E-state index in [-0.39, 0.29) is 36.0 Å². The summed E-state index contributed by atoms with van der Waals surface area (Å²) in [5.74, 6) is 3.38. The van der Waals surface area contributed by atoms with E-state index in [2.05, 4.69) is 48.8 Å². The van der Waals surface area contributed by atoms with Crippen LogP contribution in [-0.2, 0) is 6.42 Å². The fourth-order valence-corrected chi connectivity index (χ4v) is 10.9. The first-order valence-corrected chi connectivity index (χ1v) is 20.1. The summed E-state index contributed by atoms with van der Waals surface area (Å²) in [6.07, 6.45) is 24.2. The fraction of sp³-hybridized carbons (Fsp3) is 0.651. The van der Waals surface area contributed by atoms with Gasteiger partial charge in [-0.2, -0.15) is 0 Å². The molecule has 278 valence electrons. The molecule has 1 aromatic carbocycles. The first kappa shape index (κ1) is 36.6. The van der Waals surface area contributed by atoms with Crippen LogP contribution in [0.1, 0.15) is 97.0 Å². The number of aryl methyl sites for hydroxylation is 1. The number of hydrogen-bond donors (Lipinski definition) is 5. The zero-order valence-corrected chi connectivity index (χ0v) is 31.2. The van der Waals surface area contributed by atoms with Crippen LogP contribution in [0.2, 0.25) is 0 Å². The highest BCUT2D eigenvalue weighted by atomic mass is 16.5. The average Bonchev–Trinajstić information content (AvgIpc) is 3.93. The Bertz CT molecular complexity index is 1490. The van der Waals surface area contributed by atoms with Gasteiger partial charge >= 0.3 is 0 Å². The molecule has 5 aliphatic carbocycles. The van der Waals surface area contributed by atoms with Gasteiger partial charge in [0.25, 0.3) is 0 Å². The number of aliphatic hydroxyl groups is 4. The molecule has 2 spiro atoms. The van der Waals surface area contributed by atoms with Gasteiger partial charge in [-0.15, -0.1) is 16.6 Å². The van der Waals surface area contributed by atoms with Gasteiger partial charge in [0.15, 0.2) is 28.9 Å². The van der Waals surface area contributed by atoms with Crippen molar-refractivity contribution in [3.8, 4) is 11.5 Å². The SMILES string of the molecule is CCCCC1[OH+][C-](CCc2ccc(O)c(OC[C@H](NCC)C3=C[C+]4C(=N3)[C@@H]3C=C[C@]5(CCC[C@@H]5C35CCCC5)[C@H]4CNC[C@H](C)O)c2)C=C1CO. The zero-order chi connectivity index (χ0) is 35.6. The fourth-order valence-electron chi connectivity index (χ4n) is 10.9. The molecule has 0 amide bonds. The molecule has 0 saturated heterocycles. The van der Waals surface area contributed by atoms with E-state index >= 15 is 0 Å². The van der Waals surface area contributed by atoms with Crippen molar-refractivity contribution in [3.05, 3.63) is 71.4 Å². The van der Waals surface area contributed by atoms with E-state index < -0.39 is 0 Å². The lowest BCUT2D eigenvalue weighted by Crippen LogP contribution is -2.48. The minimum Gasteiger partial charge on any atom is -0.504 e. The molecule has 51 heavy (non-hydrogen) atoms. The summed E-state index contributed by atoms with van der Waals surface area (Å²) in [7, 11) is 0. The molecule has 8 heteroatoms. The van der Waals surface area contributed by atoms with Crippen molar-refractivity contribution >= 4 is 5.71 Å². The third-order valence-corrected chi connectivity index (χ3v) is 13.2. The van der Waals surface area contributed by atoms with E-state index in [0.29, 0.717) is 42.1 Å². The minimum atomic E-state index is -0.381. The van der Waals surface area contributed by atoms with Crippen LogP contribution in [-0.4, -0.2) is 76.9 Å². The number of unbranched alkanes of at least 4 members (excludes halogenated alkanes) is 1. The summed E-state index contributed by atoms with van der Waals surface area (Å²) in [6, 6.07) is 5.54. The number of rotatable bonds is 17. The summed E-state index contributed by atoms with van der Waals surface area (Å²) in [5.41, 5.74) is 4.84. The Morgan fingerprint density at radius 1 is 1.18 bits per heavy atom. The van der Waals surface area contributed by atoms with Crippen molar-refractivity contribution in [2.75, 3.05) is 32.8 Å². The van der Waals surface area contributed by atoms with Crippen molar-refractivity contribution in [3.63, 3.8) is 0 Å². The summed E-state index contributed by atoms with van der Waals surface area (Å²) in [4.78, 5) is 5.54. The predicted octanol–water partition coefficient (Wildman–Crippen LogP) is 6.28. The Kier molecular flexibility index (Phi) is 11.3. The third-order valence-electron chi connectivity index (χ3n) is 13.2. The number of nitrogens with zero attached hydrogens (tertiary/aromatic N) is 1. The van der Waals surface area contributed by atoms with Gasteiger partial charge in [-0.1, -0.05) is 57.7 Å². The average molecular weight is 701 g/mol. The maximum absolute atomic E-state index is 10.9. The number of aromatic hydroxyl groups is 1. The second-order valence-electron chi connectivity index (χ2n) is 16.3. The van der Waals surface area contributed by atoms with Gasteiger partial charge in [0.05, 0.1) is 18.1 Å². The molecular weight excluding hydrogens is 638 g/mol. The summed E-state index contributed by atoms with van der Waals surface area (Å²) in [5, 5.41) is 38.2. The van der Waals surface area contributed by atoms with Gasteiger partial charge in [-0.05, 0) is 87.4 Å². The van der Waals surface area contributed by atoms with Gasteiger partial charge in [0.2, 0.25) is 0 Å². The van der Waals surface area contributed by atoms with Crippen LogP contribution in [0.5, 0.6) is 11.5 Å². The topological polar surface area (TPSA) is 119 Å². The van der Waals surface area contributed by atoms with E-state index in [0.717, 1.165) is 68.1 Å². The Morgan fingerprint density at radius 2 is 2.02 bits per heavy atom. The lowest BCUT2D eigenvalue weighted by Gasteiger charge is -2.50. The van der Waals surface area contributed by atoms with E-state index in [1.165, 1.54) is 56.6 Å². The quantitative estimate of drug-likeness (QED) is 0.0742. The maximum Gasteiger partial charge on any atom is 0.196 e. The second kappa shape index (κ2) is 15.7. The number of aliphatic hydroxyl groups excluding tert-OH is 2. The molecule has 3 fully saturated rings. The highest BCUT2D eigenvalue weighted by molar-refractivity contribution is 6.06. The Labute approximate surface area is 305 Å². The molecule has 1 unspecified atom stereocenters. The summed E-state index contributed by atoms with van der Waals surface area (Å²) >= 11 is 0. The largest absolute Gasteiger partial charge is 0.504 e.